The van der Waals surface area contributed by atoms with Gasteiger partial charge in [0.2, 0.25) is 0 Å². The van der Waals surface area contributed by atoms with Crippen molar-refractivity contribution in [3.63, 3.8) is 0 Å². The number of rotatable bonds is 19. The van der Waals surface area contributed by atoms with E-state index < -0.39 is 0 Å². The van der Waals surface area contributed by atoms with Gasteiger partial charge < -0.3 is 33.5 Å². The molecule has 0 bridgehead atoms. The average Bonchev–Trinajstić information content (AvgIpc) is 2.89. The second kappa shape index (κ2) is 16.3. The van der Waals surface area contributed by atoms with E-state index in [0.717, 1.165) is 30.6 Å². The van der Waals surface area contributed by atoms with Crippen LogP contribution in [0.15, 0.2) is 36.4 Å². The molecule has 198 valence electrons. The fourth-order valence-electron chi connectivity index (χ4n) is 3.78. The molecule has 1 aliphatic carbocycles. The van der Waals surface area contributed by atoms with Crippen molar-refractivity contribution in [1.82, 2.24) is 0 Å². The van der Waals surface area contributed by atoms with Crippen LogP contribution >= 0.6 is 0 Å². The zero-order valence-electron chi connectivity index (χ0n) is 21.2. The van der Waals surface area contributed by atoms with Crippen LogP contribution in [0.5, 0.6) is 11.5 Å². The molecule has 0 fully saturated rings. The number of aliphatic hydroxyl groups is 1. The van der Waals surface area contributed by atoms with Crippen molar-refractivity contribution in [3.05, 3.63) is 58.7 Å². The Labute approximate surface area is 213 Å². The summed E-state index contributed by atoms with van der Waals surface area (Å²) in [7, 11) is 0. The molecule has 0 amide bonds. The van der Waals surface area contributed by atoms with Crippen LogP contribution in [-0.2, 0) is 25.4 Å². The molecule has 8 heteroatoms. The third-order valence-corrected chi connectivity index (χ3v) is 5.64. The van der Waals surface area contributed by atoms with E-state index in [1.165, 1.54) is 0 Å². The van der Waals surface area contributed by atoms with Crippen molar-refractivity contribution >= 4 is 5.78 Å². The first-order valence-electron chi connectivity index (χ1n) is 12.7. The molecule has 0 unspecified atom stereocenters. The van der Waals surface area contributed by atoms with Gasteiger partial charge in [-0.1, -0.05) is 19.4 Å². The van der Waals surface area contributed by atoms with E-state index in [0.29, 0.717) is 88.5 Å². The molecule has 0 aromatic heterocycles. The maximum atomic E-state index is 13.1. The normalized spacial score (nSPS) is 12.3. The van der Waals surface area contributed by atoms with Crippen LogP contribution in [0.2, 0.25) is 0 Å². The number of carbonyl (C=O) groups excluding carboxylic acids is 1. The molecule has 0 saturated heterocycles. The molecule has 0 heterocycles. The second-order valence-electron chi connectivity index (χ2n) is 8.37. The standard InChI is InChI=1S/C28H38O8/c1-2-3-9-31-11-13-33-16-18-36-25-5-4-22-19-23-20-24(6-7-26(23)28(30)27(22)21-25)35-17-15-34-14-12-32-10-8-29/h4-7,20-21,29H,2-3,8-19H2,1H3. The van der Waals surface area contributed by atoms with E-state index in [-0.39, 0.29) is 12.4 Å². The maximum Gasteiger partial charge on any atom is 0.193 e. The Hall–Kier alpha value is -2.49. The SMILES string of the molecule is CCCCOCCOCCOc1ccc2c(c1)C(=O)c1ccc(OCCOCCOCCO)cc1C2. The number of unbranched alkanes of at least 4 members (excludes halogenated alkanes) is 1. The lowest BCUT2D eigenvalue weighted by Crippen LogP contribution is -2.16. The topological polar surface area (TPSA) is 92.7 Å². The summed E-state index contributed by atoms with van der Waals surface area (Å²) in [5, 5.41) is 8.66. The van der Waals surface area contributed by atoms with Crippen LogP contribution in [0.3, 0.4) is 0 Å². The van der Waals surface area contributed by atoms with E-state index >= 15 is 0 Å². The predicted octanol–water partition coefficient (Wildman–Crippen LogP) is 3.44. The fraction of sp³-hybridized carbons (Fsp3) is 0.536. The van der Waals surface area contributed by atoms with E-state index in [2.05, 4.69) is 6.92 Å². The molecule has 36 heavy (non-hydrogen) atoms. The molecule has 2 aromatic carbocycles. The van der Waals surface area contributed by atoms with Gasteiger partial charge in [0.15, 0.2) is 5.78 Å². The number of hydrogen-bond donors (Lipinski definition) is 1. The van der Waals surface area contributed by atoms with Gasteiger partial charge in [-0.25, -0.2) is 0 Å². The van der Waals surface area contributed by atoms with Crippen LogP contribution in [0.4, 0.5) is 0 Å². The van der Waals surface area contributed by atoms with Gasteiger partial charge in [0.05, 0.1) is 52.9 Å². The fourth-order valence-corrected chi connectivity index (χ4v) is 3.78. The first kappa shape index (κ1) is 28.1. The minimum absolute atomic E-state index is 0.00468. The zero-order chi connectivity index (χ0) is 25.4. The first-order valence-corrected chi connectivity index (χ1v) is 12.7. The Morgan fingerprint density at radius 1 is 0.667 bits per heavy atom. The molecule has 0 aliphatic heterocycles. The van der Waals surface area contributed by atoms with Gasteiger partial charge in [0.1, 0.15) is 24.7 Å². The van der Waals surface area contributed by atoms with Crippen molar-refractivity contribution in [1.29, 1.82) is 0 Å². The van der Waals surface area contributed by atoms with Crippen molar-refractivity contribution in [2.24, 2.45) is 0 Å². The zero-order valence-corrected chi connectivity index (χ0v) is 21.2. The number of benzene rings is 2. The van der Waals surface area contributed by atoms with E-state index in [4.69, 9.17) is 33.5 Å². The number of ketones is 1. The highest BCUT2D eigenvalue weighted by Crippen LogP contribution is 2.31. The highest BCUT2D eigenvalue weighted by Gasteiger charge is 2.24. The Morgan fingerprint density at radius 3 is 1.92 bits per heavy atom. The third kappa shape index (κ3) is 9.19. The molecule has 1 N–H and O–H groups in total. The van der Waals surface area contributed by atoms with Gasteiger partial charge in [-0.15, -0.1) is 0 Å². The van der Waals surface area contributed by atoms with Gasteiger partial charge in [0, 0.05) is 17.7 Å². The molecule has 0 atom stereocenters. The van der Waals surface area contributed by atoms with Gasteiger partial charge in [-0.2, -0.15) is 0 Å². The van der Waals surface area contributed by atoms with Gasteiger partial charge in [-0.05, 0) is 54.3 Å². The molecule has 0 radical (unpaired) electrons. The van der Waals surface area contributed by atoms with Crippen LogP contribution < -0.4 is 9.47 Å². The van der Waals surface area contributed by atoms with Gasteiger partial charge in [0.25, 0.3) is 0 Å². The summed E-state index contributed by atoms with van der Waals surface area (Å²) in [6.07, 6.45) is 2.85. The quantitative estimate of drug-likeness (QED) is 0.249. The van der Waals surface area contributed by atoms with Crippen LogP contribution in [0.1, 0.15) is 46.8 Å². The Bertz CT molecular complexity index is 930. The number of hydrogen-bond acceptors (Lipinski definition) is 8. The number of ether oxygens (including phenoxy) is 6. The van der Waals surface area contributed by atoms with Gasteiger partial charge in [-0.3, -0.25) is 4.79 Å². The Balaban J connectivity index is 1.41. The number of carbonyl (C=O) groups is 1. The molecule has 2 aromatic rings. The lowest BCUT2D eigenvalue weighted by atomic mass is 9.85. The monoisotopic (exact) mass is 502 g/mol. The highest BCUT2D eigenvalue weighted by molar-refractivity contribution is 6.12. The largest absolute Gasteiger partial charge is 0.491 e. The summed E-state index contributed by atoms with van der Waals surface area (Å²) in [6, 6.07) is 11.2. The molecule has 0 spiro atoms. The van der Waals surface area contributed by atoms with Crippen molar-refractivity contribution in [3.8, 4) is 11.5 Å². The molecule has 0 saturated carbocycles. The minimum atomic E-state index is -0.00468. The smallest absolute Gasteiger partial charge is 0.193 e. The lowest BCUT2D eigenvalue weighted by molar-refractivity contribution is 0.0247. The number of aliphatic hydroxyl groups excluding tert-OH is 1. The van der Waals surface area contributed by atoms with Crippen molar-refractivity contribution in [2.45, 2.75) is 26.2 Å². The summed E-state index contributed by atoms with van der Waals surface area (Å²) < 4.78 is 33.2. The molecule has 3 rings (SSSR count). The third-order valence-electron chi connectivity index (χ3n) is 5.64. The summed E-state index contributed by atoms with van der Waals surface area (Å²) in [4.78, 5) is 13.1. The molecule has 8 nitrogen and oxygen atoms in total. The van der Waals surface area contributed by atoms with Gasteiger partial charge >= 0.3 is 0 Å². The van der Waals surface area contributed by atoms with E-state index in [1.54, 1.807) is 0 Å². The molecular formula is C28H38O8. The first-order chi connectivity index (χ1) is 17.7. The predicted molar refractivity (Wildman–Crippen MR) is 135 cm³/mol. The van der Waals surface area contributed by atoms with Crippen LogP contribution in [-0.4, -0.2) is 83.6 Å². The van der Waals surface area contributed by atoms with Crippen LogP contribution in [0, 0.1) is 0 Å². The molecular weight excluding hydrogens is 464 g/mol. The Kier molecular flexibility index (Phi) is 12.7. The summed E-state index contributed by atoms with van der Waals surface area (Å²) >= 11 is 0. The second-order valence-corrected chi connectivity index (χ2v) is 8.37. The van der Waals surface area contributed by atoms with E-state index in [9.17, 15) is 4.79 Å². The molecule has 1 aliphatic rings. The number of fused-ring (bicyclic) bond motifs is 2. The average molecular weight is 503 g/mol. The summed E-state index contributed by atoms with van der Waals surface area (Å²) in [5.41, 5.74) is 3.29. The van der Waals surface area contributed by atoms with Crippen molar-refractivity contribution < 1.29 is 38.3 Å². The van der Waals surface area contributed by atoms with Crippen molar-refractivity contribution in [2.75, 3.05) is 72.7 Å². The maximum absolute atomic E-state index is 13.1. The summed E-state index contributed by atoms with van der Waals surface area (Å²) in [5.74, 6) is 1.37. The van der Waals surface area contributed by atoms with Crippen LogP contribution in [0.25, 0.3) is 0 Å². The van der Waals surface area contributed by atoms with E-state index in [1.807, 2.05) is 36.4 Å². The summed E-state index contributed by atoms with van der Waals surface area (Å²) in [6.45, 7) is 6.98. The highest BCUT2D eigenvalue weighted by atomic mass is 16.5. The lowest BCUT2D eigenvalue weighted by Gasteiger charge is -2.20. The minimum Gasteiger partial charge on any atom is -0.491 e. The Morgan fingerprint density at radius 2 is 1.25 bits per heavy atom.